The summed E-state index contributed by atoms with van der Waals surface area (Å²) < 4.78 is 1.28. The minimum Gasteiger partial charge on any atom is -0.389 e. The third-order valence-corrected chi connectivity index (χ3v) is 2.63. The number of carbonyl (C=O) groups excluding carboxylic acids is 1. The summed E-state index contributed by atoms with van der Waals surface area (Å²) in [6.45, 7) is -0.642. The molecule has 2 aromatic rings. The van der Waals surface area contributed by atoms with Gasteiger partial charge in [0.05, 0.1) is 6.54 Å². The number of benzene rings is 1. The summed E-state index contributed by atoms with van der Waals surface area (Å²) in [5.41, 5.74) is 1.52. The lowest BCUT2D eigenvalue weighted by molar-refractivity contribution is -0.122. The zero-order valence-corrected chi connectivity index (χ0v) is 9.74. The molecule has 1 aromatic carbocycles. The Morgan fingerprint density at radius 2 is 1.83 bits per heavy atom. The smallest absolute Gasteiger partial charge is 0.251 e. The molecule has 92 valence electrons. The molecular formula is C14H13NO3. The Labute approximate surface area is 104 Å². The van der Waals surface area contributed by atoms with Gasteiger partial charge in [-0.1, -0.05) is 30.3 Å². The predicted molar refractivity (Wildman–Crippen MR) is 68.2 cm³/mol. The molecule has 2 rings (SSSR count). The maximum atomic E-state index is 11.8. The number of aliphatic hydroxyl groups excluding tert-OH is 1. The summed E-state index contributed by atoms with van der Waals surface area (Å²) in [7, 11) is 0. The molecule has 0 bridgehead atoms. The molecule has 1 N–H and O–H groups in total. The Kier molecular flexibility index (Phi) is 3.69. The van der Waals surface area contributed by atoms with E-state index >= 15 is 0 Å². The van der Waals surface area contributed by atoms with E-state index in [0.717, 1.165) is 11.1 Å². The molecule has 0 spiro atoms. The average Bonchev–Trinajstić information content (AvgIpc) is 2.42. The van der Waals surface area contributed by atoms with E-state index < -0.39 is 6.61 Å². The zero-order valence-electron chi connectivity index (χ0n) is 9.74. The molecule has 1 aromatic heterocycles. The van der Waals surface area contributed by atoms with Gasteiger partial charge in [-0.3, -0.25) is 9.59 Å². The topological polar surface area (TPSA) is 59.3 Å². The first-order valence-electron chi connectivity index (χ1n) is 5.59. The Morgan fingerprint density at radius 3 is 2.44 bits per heavy atom. The molecule has 0 aliphatic carbocycles. The minimum atomic E-state index is -0.549. The molecule has 0 fully saturated rings. The van der Waals surface area contributed by atoms with Gasteiger partial charge in [0.1, 0.15) is 6.61 Å². The predicted octanol–water partition coefficient (Wildman–Crippen LogP) is 1.08. The van der Waals surface area contributed by atoms with Crippen molar-refractivity contribution in [1.82, 2.24) is 4.57 Å². The van der Waals surface area contributed by atoms with Crippen LogP contribution in [0.5, 0.6) is 0 Å². The number of aromatic nitrogens is 1. The second-order valence-electron chi connectivity index (χ2n) is 3.94. The van der Waals surface area contributed by atoms with Crippen molar-refractivity contribution in [2.45, 2.75) is 6.54 Å². The van der Waals surface area contributed by atoms with Crippen molar-refractivity contribution in [3.8, 4) is 11.1 Å². The highest BCUT2D eigenvalue weighted by Gasteiger charge is 2.04. The molecule has 4 heteroatoms. The number of nitrogens with zero attached hydrogens (tertiary/aromatic N) is 1. The largest absolute Gasteiger partial charge is 0.389 e. The normalized spacial score (nSPS) is 10.3. The van der Waals surface area contributed by atoms with E-state index in [-0.39, 0.29) is 17.9 Å². The van der Waals surface area contributed by atoms with Crippen LogP contribution in [0.15, 0.2) is 53.5 Å². The quantitative estimate of drug-likeness (QED) is 0.874. The van der Waals surface area contributed by atoms with Gasteiger partial charge in [0.15, 0.2) is 5.78 Å². The standard InChI is InChI=1S/C14H13NO3/c16-10-13(17)9-15-7-6-12(8-14(15)18)11-4-2-1-3-5-11/h1-8,16H,9-10H2. The maximum Gasteiger partial charge on any atom is 0.251 e. The average molecular weight is 243 g/mol. The molecule has 4 nitrogen and oxygen atoms in total. The van der Waals surface area contributed by atoms with E-state index in [1.54, 1.807) is 12.3 Å². The van der Waals surface area contributed by atoms with Crippen LogP contribution in [0.25, 0.3) is 11.1 Å². The van der Waals surface area contributed by atoms with Crippen LogP contribution in [-0.4, -0.2) is 22.1 Å². The van der Waals surface area contributed by atoms with Gasteiger partial charge in [-0.05, 0) is 17.2 Å². The molecule has 0 atom stereocenters. The summed E-state index contributed by atoms with van der Waals surface area (Å²) >= 11 is 0. The van der Waals surface area contributed by atoms with Crippen LogP contribution >= 0.6 is 0 Å². The zero-order chi connectivity index (χ0) is 13.0. The number of aliphatic hydroxyl groups is 1. The summed E-state index contributed by atoms with van der Waals surface area (Å²) in [6.07, 6.45) is 1.57. The van der Waals surface area contributed by atoms with Crippen molar-refractivity contribution in [2.75, 3.05) is 6.61 Å². The van der Waals surface area contributed by atoms with Crippen molar-refractivity contribution < 1.29 is 9.90 Å². The number of Topliss-reactive ketones (excluding diaryl/α,β-unsaturated/α-hetero) is 1. The van der Waals surface area contributed by atoms with E-state index in [0.29, 0.717) is 0 Å². The molecule has 1 heterocycles. The molecular weight excluding hydrogens is 230 g/mol. The van der Waals surface area contributed by atoms with Gasteiger partial charge >= 0.3 is 0 Å². The Morgan fingerprint density at radius 1 is 1.11 bits per heavy atom. The fourth-order valence-electron chi connectivity index (χ4n) is 1.69. The van der Waals surface area contributed by atoms with E-state index in [4.69, 9.17) is 5.11 Å². The summed E-state index contributed by atoms with van der Waals surface area (Å²) in [4.78, 5) is 22.9. The molecule has 0 unspecified atom stereocenters. The molecule has 0 radical (unpaired) electrons. The number of ketones is 1. The second kappa shape index (κ2) is 5.42. The number of hydrogen-bond acceptors (Lipinski definition) is 3. The molecule has 0 saturated heterocycles. The van der Waals surface area contributed by atoms with Gasteiger partial charge in [-0.2, -0.15) is 0 Å². The summed E-state index contributed by atoms with van der Waals surface area (Å²) in [6, 6.07) is 12.8. The van der Waals surface area contributed by atoms with Crippen LogP contribution in [0.4, 0.5) is 0 Å². The van der Waals surface area contributed by atoms with Crippen molar-refractivity contribution in [3.05, 3.63) is 59.0 Å². The second-order valence-corrected chi connectivity index (χ2v) is 3.94. The molecule has 0 aliphatic heterocycles. The van der Waals surface area contributed by atoms with Gasteiger partial charge in [-0.25, -0.2) is 0 Å². The first kappa shape index (κ1) is 12.3. The van der Waals surface area contributed by atoms with Crippen LogP contribution < -0.4 is 5.56 Å². The van der Waals surface area contributed by atoms with Gasteiger partial charge in [0, 0.05) is 12.3 Å². The maximum absolute atomic E-state index is 11.8. The highest BCUT2D eigenvalue weighted by atomic mass is 16.3. The molecule has 0 amide bonds. The molecule has 0 saturated carbocycles. The lowest BCUT2D eigenvalue weighted by atomic mass is 10.1. The van der Waals surface area contributed by atoms with Crippen LogP contribution in [0.3, 0.4) is 0 Å². The fraction of sp³-hybridized carbons (Fsp3) is 0.143. The number of carbonyl (C=O) groups is 1. The van der Waals surface area contributed by atoms with E-state index in [9.17, 15) is 9.59 Å². The monoisotopic (exact) mass is 243 g/mol. The number of hydrogen-bond donors (Lipinski definition) is 1. The Bertz CT molecular complexity index is 602. The van der Waals surface area contributed by atoms with Gasteiger partial charge < -0.3 is 9.67 Å². The Balaban J connectivity index is 2.31. The van der Waals surface area contributed by atoms with Crippen LogP contribution in [-0.2, 0) is 11.3 Å². The minimum absolute atomic E-state index is 0.0929. The van der Waals surface area contributed by atoms with Crippen LogP contribution in [0, 0.1) is 0 Å². The lowest BCUT2D eigenvalue weighted by Gasteiger charge is -2.05. The van der Waals surface area contributed by atoms with Crippen molar-refractivity contribution in [2.24, 2.45) is 0 Å². The fourth-order valence-corrected chi connectivity index (χ4v) is 1.69. The SMILES string of the molecule is O=C(CO)Cn1ccc(-c2ccccc2)cc1=O. The molecule has 0 aliphatic rings. The van der Waals surface area contributed by atoms with Crippen molar-refractivity contribution in [1.29, 1.82) is 0 Å². The third kappa shape index (κ3) is 2.73. The lowest BCUT2D eigenvalue weighted by Crippen LogP contribution is -2.24. The van der Waals surface area contributed by atoms with Crippen molar-refractivity contribution in [3.63, 3.8) is 0 Å². The van der Waals surface area contributed by atoms with Gasteiger partial charge in [0.25, 0.3) is 5.56 Å². The number of pyridine rings is 1. The number of rotatable bonds is 4. The Hall–Kier alpha value is -2.20. The first-order valence-corrected chi connectivity index (χ1v) is 5.59. The first-order chi connectivity index (χ1) is 8.70. The van der Waals surface area contributed by atoms with E-state index in [2.05, 4.69) is 0 Å². The van der Waals surface area contributed by atoms with Gasteiger partial charge in [0.2, 0.25) is 0 Å². The van der Waals surface area contributed by atoms with Gasteiger partial charge in [-0.15, -0.1) is 0 Å². The summed E-state index contributed by atoms with van der Waals surface area (Å²) in [5.74, 6) is -0.385. The van der Waals surface area contributed by atoms with Crippen LogP contribution in [0.2, 0.25) is 0 Å². The highest BCUT2D eigenvalue weighted by molar-refractivity contribution is 5.79. The van der Waals surface area contributed by atoms with E-state index in [1.807, 2.05) is 30.3 Å². The highest BCUT2D eigenvalue weighted by Crippen LogP contribution is 2.15. The third-order valence-electron chi connectivity index (χ3n) is 2.63. The van der Waals surface area contributed by atoms with Crippen molar-refractivity contribution >= 4 is 5.78 Å². The summed E-state index contributed by atoms with van der Waals surface area (Å²) in [5, 5.41) is 8.65. The van der Waals surface area contributed by atoms with E-state index in [1.165, 1.54) is 10.6 Å². The van der Waals surface area contributed by atoms with Crippen LogP contribution in [0.1, 0.15) is 0 Å². The molecule has 18 heavy (non-hydrogen) atoms.